The molecule has 0 radical (unpaired) electrons. The number of sulfonamides is 1. The summed E-state index contributed by atoms with van der Waals surface area (Å²) in [6, 6.07) is 5.73. The lowest BCUT2D eigenvalue weighted by atomic mass is 10.2. The summed E-state index contributed by atoms with van der Waals surface area (Å²) >= 11 is 6.02. The van der Waals surface area contributed by atoms with Gasteiger partial charge in [0.1, 0.15) is 4.90 Å². The zero-order chi connectivity index (χ0) is 15.3. The van der Waals surface area contributed by atoms with Crippen LogP contribution < -0.4 is 0 Å². The maximum absolute atomic E-state index is 12.9. The van der Waals surface area contributed by atoms with Crippen molar-refractivity contribution >= 4 is 31.5 Å². The average molecular weight is 350 g/mol. The minimum atomic E-state index is -3.77. The van der Waals surface area contributed by atoms with Gasteiger partial charge in [-0.1, -0.05) is 23.7 Å². The molecule has 8 heteroatoms. The zero-order valence-corrected chi connectivity index (χ0v) is 13.7. The van der Waals surface area contributed by atoms with E-state index in [2.05, 4.69) is 0 Å². The number of benzene rings is 1. The Labute approximate surface area is 129 Å². The molecule has 1 aliphatic heterocycles. The van der Waals surface area contributed by atoms with Crippen LogP contribution in [0.5, 0.6) is 0 Å². The van der Waals surface area contributed by atoms with Crippen molar-refractivity contribution in [2.45, 2.75) is 36.2 Å². The second kappa shape index (κ2) is 5.22. The van der Waals surface area contributed by atoms with Crippen molar-refractivity contribution in [3.05, 3.63) is 29.3 Å². The Kier molecular flexibility index (Phi) is 3.80. The van der Waals surface area contributed by atoms with E-state index in [9.17, 15) is 16.8 Å². The van der Waals surface area contributed by atoms with Gasteiger partial charge >= 0.3 is 0 Å². The third-order valence-corrected chi connectivity index (χ3v) is 8.12. The number of sulfone groups is 1. The first kappa shape index (κ1) is 15.3. The first-order chi connectivity index (χ1) is 9.81. The lowest BCUT2D eigenvalue weighted by molar-refractivity contribution is 0.332. The molecular weight excluding hydrogens is 334 g/mol. The molecule has 2 fully saturated rings. The van der Waals surface area contributed by atoms with Gasteiger partial charge in [0.25, 0.3) is 0 Å². The Morgan fingerprint density at radius 1 is 1.10 bits per heavy atom. The first-order valence-electron chi connectivity index (χ1n) is 6.80. The average Bonchev–Trinajstić information content (AvgIpc) is 3.14. The highest BCUT2D eigenvalue weighted by Crippen LogP contribution is 2.38. The van der Waals surface area contributed by atoms with Gasteiger partial charge in [-0.2, -0.15) is 4.31 Å². The van der Waals surface area contributed by atoms with Crippen LogP contribution in [0.1, 0.15) is 19.3 Å². The Bertz CT molecular complexity index is 756. The van der Waals surface area contributed by atoms with Crippen molar-refractivity contribution < 1.29 is 16.8 Å². The molecule has 0 bridgehead atoms. The van der Waals surface area contributed by atoms with E-state index < -0.39 is 25.9 Å². The van der Waals surface area contributed by atoms with Crippen LogP contribution in [0.4, 0.5) is 0 Å². The van der Waals surface area contributed by atoms with E-state index >= 15 is 0 Å². The monoisotopic (exact) mass is 349 g/mol. The Morgan fingerprint density at radius 3 is 2.29 bits per heavy atom. The SMILES string of the molecule is O=S1(=O)CC[C@@H](N(C2CC2)S(=O)(=O)c2ccccc2Cl)C1. The summed E-state index contributed by atoms with van der Waals surface area (Å²) in [5.41, 5.74) is 0. The normalized spacial score (nSPS) is 25.3. The van der Waals surface area contributed by atoms with Crippen molar-refractivity contribution in [3.8, 4) is 0 Å². The Balaban J connectivity index is 2.00. The summed E-state index contributed by atoms with van der Waals surface area (Å²) in [6.45, 7) is 0. The van der Waals surface area contributed by atoms with Crippen molar-refractivity contribution in [1.29, 1.82) is 0 Å². The van der Waals surface area contributed by atoms with Crippen LogP contribution in [0.25, 0.3) is 0 Å². The molecule has 116 valence electrons. The van der Waals surface area contributed by atoms with E-state index in [4.69, 9.17) is 11.6 Å². The van der Waals surface area contributed by atoms with Crippen molar-refractivity contribution in [2.24, 2.45) is 0 Å². The molecule has 0 unspecified atom stereocenters. The number of hydrogen-bond donors (Lipinski definition) is 0. The van der Waals surface area contributed by atoms with E-state index in [-0.39, 0.29) is 27.5 Å². The maximum Gasteiger partial charge on any atom is 0.245 e. The summed E-state index contributed by atoms with van der Waals surface area (Å²) in [6.07, 6.45) is 1.92. The summed E-state index contributed by atoms with van der Waals surface area (Å²) in [5, 5.41) is 0.170. The van der Waals surface area contributed by atoms with Gasteiger partial charge in [-0.25, -0.2) is 16.8 Å². The molecule has 2 aliphatic rings. The molecule has 5 nitrogen and oxygen atoms in total. The van der Waals surface area contributed by atoms with Gasteiger partial charge in [0.15, 0.2) is 9.84 Å². The Hall–Kier alpha value is -0.630. The van der Waals surface area contributed by atoms with E-state index in [1.807, 2.05) is 0 Å². The quantitative estimate of drug-likeness (QED) is 0.829. The number of rotatable bonds is 4. The first-order valence-corrected chi connectivity index (χ1v) is 10.4. The smallest absolute Gasteiger partial charge is 0.229 e. The summed E-state index contributed by atoms with van der Waals surface area (Å²) in [4.78, 5) is 0.0582. The molecule has 0 N–H and O–H groups in total. The highest BCUT2D eigenvalue weighted by Gasteiger charge is 2.46. The topological polar surface area (TPSA) is 71.5 Å². The van der Waals surface area contributed by atoms with Crippen LogP contribution in [0.15, 0.2) is 29.2 Å². The van der Waals surface area contributed by atoms with Crippen LogP contribution >= 0.6 is 11.6 Å². The van der Waals surface area contributed by atoms with Gasteiger partial charge < -0.3 is 0 Å². The van der Waals surface area contributed by atoms with Crippen LogP contribution in [-0.4, -0.2) is 44.7 Å². The molecule has 1 saturated heterocycles. The van der Waals surface area contributed by atoms with Crippen molar-refractivity contribution in [3.63, 3.8) is 0 Å². The number of nitrogens with zero attached hydrogens (tertiary/aromatic N) is 1. The third kappa shape index (κ3) is 2.97. The molecular formula is C13H16ClNO4S2. The fourth-order valence-corrected chi connectivity index (χ4v) is 6.97. The number of halogens is 1. The van der Waals surface area contributed by atoms with Crippen molar-refractivity contribution in [2.75, 3.05) is 11.5 Å². The van der Waals surface area contributed by atoms with E-state index in [0.717, 1.165) is 12.8 Å². The molecule has 21 heavy (non-hydrogen) atoms. The van der Waals surface area contributed by atoms with Crippen LogP contribution in [-0.2, 0) is 19.9 Å². The van der Waals surface area contributed by atoms with E-state index in [1.165, 1.54) is 16.4 Å². The highest BCUT2D eigenvalue weighted by atomic mass is 35.5. The Morgan fingerprint density at radius 2 is 1.76 bits per heavy atom. The third-order valence-electron chi connectivity index (χ3n) is 3.87. The van der Waals surface area contributed by atoms with Crippen LogP contribution in [0.2, 0.25) is 5.02 Å². The van der Waals surface area contributed by atoms with Gasteiger partial charge in [0.05, 0.1) is 16.5 Å². The van der Waals surface area contributed by atoms with Gasteiger partial charge in [0.2, 0.25) is 10.0 Å². The van der Waals surface area contributed by atoms with Crippen LogP contribution in [0.3, 0.4) is 0 Å². The fraction of sp³-hybridized carbons (Fsp3) is 0.538. The fourth-order valence-electron chi connectivity index (χ4n) is 2.76. The second-order valence-corrected chi connectivity index (χ2v) is 10.0. The molecule has 0 spiro atoms. The molecule has 1 aliphatic carbocycles. The predicted molar refractivity (Wildman–Crippen MR) is 80.6 cm³/mol. The molecule has 1 heterocycles. The molecule has 1 atom stereocenters. The van der Waals surface area contributed by atoms with Gasteiger partial charge in [-0.15, -0.1) is 0 Å². The largest absolute Gasteiger partial charge is 0.245 e. The van der Waals surface area contributed by atoms with Crippen LogP contribution in [0, 0.1) is 0 Å². The molecule has 0 amide bonds. The summed E-state index contributed by atoms with van der Waals surface area (Å²) < 4.78 is 50.5. The standard InChI is InChI=1S/C13H16ClNO4S2/c14-12-3-1-2-4-13(12)21(18,19)15(10-5-6-10)11-7-8-20(16,17)9-11/h1-4,10-11H,5-9H2/t11-/m1/s1. The predicted octanol–water partition coefficient (Wildman–Crippen LogP) is 1.68. The van der Waals surface area contributed by atoms with Gasteiger partial charge in [-0.3, -0.25) is 0 Å². The lowest BCUT2D eigenvalue weighted by Crippen LogP contribution is -2.42. The highest BCUT2D eigenvalue weighted by molar-refractivity contribution is 7.92. The molecule has 1 aromatic rings. The maximum atomic E-state index is 12.9. The summed E-state index contributed by atoms with van der Waals surface area (Å²) in [7, 11) is -6.90. The van der Waals surface area contributed by atoms with E-state index in [0.29, 0.717) is 6.42 Å². The molecule has 3 rings (SSSR count). The minimum Gasteiger partial charge on any atom is -0.229 e. The number of hydrogen-bond acceptors (Lipinski definition) is 4. The van der Waals surface area contributed by atoms with Crippen molar-refractivity contribution in [1.82, 2.24) is 4.31 Å². The minimum absolute atomic E-state index is 0.0545. The summed E-state index contributed by atoms with van der Waals surface area (Å²) in [5.74, 6) is -0.0356. The molecule has 0 aromatic heterocycles. The van der Waals surface area contributed by atoms with Gasteiger partial charge in [0, 0.05) is 12.1 Å². The second-order valence-electron chi connectivity index (χ2n) is 5.55. The zero-order valence-electron chi connectivity index (χ0n) is 11.3. The lowest BCUT2D eigenvalue weighted by Gasteiger charge is -2.27. The van der Waals surface area contributed by atoms with Gasteiger partial charge in [-0.05, 0) is 31.4 Å². The molecule has 1 saturated carbocycles. The molecule has 1 aromatic carbocycles. The van der Waals surface area contributed by atoms with E-state index in [1.54, 1.807) is 12.1 Å².